The van der Waals surface area contributed by atoms with Gasteiger partial charge in [0, 0.05) is 5.75 Å². The summed E-state index contributed by atoms with van der Waals surface area (Å²) in [7, 11) is 0. The fourth-order valence-corrected chi connectivity index (χ4v) is 2.16. The summed E-state index contributed by atoms with van der Waals surface area (Å²) in [5.41, 5.74) is 1.14. The lowest BCUT2D eigenvalue weighted by molar-refractivity contribution is 0.0692. The second-order valence-corrected chi connectivity index (χ2v) is 4.59. The van der Waals surface area contributed by atoms with Crippen LogP contribution >= 0.6 is 11.8 Å². The van der Waals surface area contributed by atoms with Crippen LogP contribution in [0.2, 0.25) is 0 Å². The number of rotatable bonds is 4. The summed E-state index contributed by atoms with van der Waals surface area (Å²) < 4.78 is 18.5. The number of aryl methyl sites for hydroxylation is 1. The Bertz CT molecular complexity index is 582. The fourth-order valence-electron chi connectivity index (χ4n) is 1.37. The predicted molar refractivity (Wildman–Crippen MR) is 64.2 cm³/mol. The lowest BCUT2D eigenvalue weighted by Crippen LogP contribution is -2.00. The largest absolute Gasteiger partial charge is 0.478 e. The minimum atomic E-state index is -1.27. The standard InChI is InChI=1S/C12H10FNO3S/c1-7-5-17-12(14-7)18-6-8-2-3-9(11(15)16)10(13)4-8/h2-5H,6H2,1H3,(H,15,16). The quantitative estimate of drug-likeness (QED) is 0.862. The van der Waals surface area contributed by atoms with Gasteiger partial charge >= 0.3 is 5.97 Å². The van der Waals surface area contributed by atoms with E-state index in [1.165, 1.54) is 30.2 Å². The lowest BCUT2D eigenvalue weighted by atomic mass is 10.1. The normalized spacial score (nSPS) is 10.6. The molecule has 1 aromatic heterocycles. The molecule has 0 spiro atoms. The highest BCUT2D eigenvalue weighted by Gasteiger charge is 2.11. The molecule has 0 saturated carbocycles. The van der Waals surface area contributed by atoms with Crippen molar-refractivity contribution in [1.29, 1.82) is 0 Å². The number of thioether (sulfide) groups is 1. The van der Waals surface area contributed by atoms with E-state index in [-0.39, 0.29) is 5.56 Å². The van der Waals surface area contributed by atoms with Crippen LogP contribution in [-0.4, -0.2) is 16.1 Å². The molecule has 1 aromatic carbocycles. The zero-order chi connectivity index (χ0) is 13.1. The van der Waals surface area contributed by atoms with E-state index in [0.717, 1.165) is 5.69 Å². The first-order valence-corrected chi connectivity index (χ1v) is 6.11. The monoisotopic (exact) mass is 267 g/mol. The number of oxazole rings is 1. The molecule has 0 bridgehead atoms. The van der Waals surface area contributed by atoms with Crippen LogP contribution in [0, 0.1) is 12.7 Å². The molecule has 2 aromatic rings. The van der Waals surface area contributed by atoms with E-state index in [9.17, 15) is 9.18 Å². The number of halogens is 1. The van der Waals surface area contributed by atoms with Crippen molar-refractivity contribution >= 4 is 17.7 Å². The fraction of sp³-hybridized carbons (Fsp3) is 0.167. The number of carbonyl (C=O) groups is 1. The highest BCUT2D eigenvalue weighted by atomic mass is 32.2. The van der Waals surface area contributed by atoms with Crippen LogP contribution in [0.25, 0.3) is 0 Å². The molecular formula is C12H10FNO3S. The lowest BCUT2D eigenvalue weighted by Gasteiger charge is -2.01. The predicted octanol–water partition coefficient (Wildman–Crippen LogP) is 3.11. The first-order chi connectivity index (χ1) is 8.56. The molecule has 1 heterocycles. The summed E-state index contributed by atoms with van der Waals surface area (Å²) in [5.74, 6) is -1.53. The maximum atomic E-state index is 13.4. The first-order valence-electron chi connectivity index (χ1n) is 5.13. The molecule has 6 heteroatoms. The summed E-state index contributed by atoms with van der Waals surface area (Å²) in [5, 5.41) is 9.21. The molecule has 0 amide bonds. The summed E-state index contributed by atoms with van der Waals surface area (Å²) in [6.07, 6.45) is 1.54. The van der Waals surface area contributed by atoms with Crippen molar-refractivity contribution in [3.63, 3.8) is 0 Å². The molecule has 0 saturated heterocycles. The van der Waals surface area contributed by atoms with Crippen molar-refractivity contribution in [1.82, 2.24) is 4.98 Å². The molecule has 18 heavy (non-hydrogen) atoms. The second-order valence-electron chi connectivity index (χ2n) is 3.66. The molecule has 0 atom stereocenters. The Hall–Kier alpha value is -1.82. The molecule has 0 aliphatic heterocycles. The molecule has 2 rings (SSSR count). The number of nitrogens with zero attached hydrogens (tertiary/aromatic N) is 1. The average molecular weight is 267 g/mol. The van der Waals surface area contributed by atoms with Crippen LogP contribution in [0.3, 0.4) is 0 Å². The minimum Gasteiger partial charge on any atom is -0.478 e. The van der Waals surface area contributed by atoms with Crippen molar-refractivity contribution in [3.05, 3.63) is 47.1 Å². The van der Waals surface area contributed by atoms with E-state index < -0.39 is 11.8 Å². The number of hydrogen-bond donors (Lipinski definition) is 1. The van der Waals surface area contributed by atoms with Crippen LogP contribution in [-0.2, 0) is 5.75 Å². The number of hydrogen-bond acceptors (Lipinski definition) is 4. The van der Waals surface area contributed by atoms with Crippen molar-refractivity contribution in [2.45, 2.75) is 17.9 Å². The van der Waals surface area contributed by atoms with Gasteiger partial charge in [-0.05, 0) is 24.6 Å². The Morgan fingerprint density at radius 2 is 2.33 bits per heavy atom. The van der Waals surface area contributed by atoms with Gasteiger partial charge in [0.05, 0.1) is 11.3 Å². The molecule has 0 unspecified atom stereocenters. The zero-order valence-corrected chi connectivity index (χ0v) is 10.3. The van der Waals surface area contributed by atoms with Gasteiger partial charge in [-0.15, -0.1) is 0 Å². The van der Waals surface area contributed by atoms with Gasteiger partial charge in [-0.25, -0.2) is 14.2 Å². The molecule has 1 N–H and O–H groups in total. The third-order valence-corrected chi connectivity index (χ3v) is 3.14. The summed E-state index contributed by atoms with van der Waals surface area (Å²) in [6, 6.07) is 4.05. The third-order valence-electron chi connectivity index (χ3n) is 2.22. The van der Waals surface area contributed by atoms with Crippen LogP contribution in [0.1, 0.15) is 21.6 Å². The van der Waals surface area contributed by atoms with Gasteiger partial charge in [-0.1, -0.05) is 17.8 Å². The number of aromatic nitrogens is 1. The Morgan fingerprint density at radius 3 is 2.89 bits per heavy atom. The highest BCUT2D eigenvalue weighted by Crippen LogP contribution is 2.23. The topological polar surface area (TPSA) is 63.3 Å². The van der Waals surface area contributed by atoms with E-state index in [4.69, 9.17) is 9.52 Å². The van der Waals surface area contributed by atoms with E-state index in [0.29, 0.717) is 16.5 Å². The molecule has 0 radical (unpaired) electrons. The van der Waals surface area contributed by atoms with Crippen molar-refractivity contribution in [2.24, 2.45) is 0 Å². The minimum absolute atomic E-state index is 0.323. The van der Waals surface area contributed by atoms with Gasteiger partial charge in [0.15, 0.2) is 0 Å². The molecular weight excluding hydrogens is 257 g/mol. The Labute approximate surface area is 107 Å². The zero-order valence-electron chi connectivity index (χ0n) is 9.51. The van der Waals surface area contributed by atoms with Gasteiger partial charge < -0.3 is 9.52 Å². The van der Waals surface area contributed by atoms with Crippen molar-refractivity contribution in [3.8, 4) is 0 Å². The summed E-state index contributed by atoms with van der Waals surface area (Å²) in [6.45, 7) is 1.81. The van der Waals surface area contributed by atoms with Crippen LogP contribution in [0.15, 0.2) is 34.1 Å². The Kier molecular flexibility index (Phi) is 3.66. The maximum absolute atomic E-state index is 13.4. The molecule has 4 nitrogen and oxygen atoms in total. The van der Waals surface area contributed by atoms with Gasteiger partial charge in [0.1, 0.15) is 12.1 Å². The Balaban J connectivity index is 2.06. The number of aromatic carboxylic acids is 1. The van der Waals surface area contributed by atoms with Crippen LogP contribution in [0.4, 0.5) is 4.39 Å². The maximum Gasteiger partial charge on any atom is 0.338 e. The van der Waals surface area contributed by atoms with Gasteiger partial charge in [0.2, 0.25) is 0 Å². The van der Waals surface area contributed by atoms with Crippen LogP contribution < -0.4 is 0 Å². The number of benzene rings is 1. The smallest absolute Gasteiger partial charge is 0.338 e. The first kappa shape index (κ1) is 12.6. The molecule has 0 fully saturated rings. The van der Waals surface area contributed by atoms with E-state index >= 15 is 0 Å². The average Bonchev–Trinajstić information content (AvgIpc) is 2.72. The number of carboxylic acid groups (broad SMARTS) is 1. The van der Waals surface area contributed by atoms with Crippen LogP contribution in [0.5, 0.6) is 0 Å². The van der Waals surface area contributed by atoms with E-state index in [2.05, 4.69) is 4.98 Å². The van der Waals surface area contributed by atoms with E-state index in [1.54, 1.807) is 6.07 Å². The van der Waals surface area contributed by atoms with Crippen molar-refractivity contribution in [2.75, 3.05) is 0 Å². The van der Waals surface area contributed by atoms with E-state index in [1.807, 2.05) is 6.92 Å². The number of carboxylic acids is 1. The molecule has 0 aliphatic carbocycles. The van der Waals surface area contributed by atoms with Gasteiger partial charge in [0.25, 0.3) is 5.22 Å². The van der Waals surface area contributed by atoms with Gasteiger partial charge in [-0.2, -0.15) is 0 Å². The molecule has 94 valence electrons. The molecule has 0 aliphatic rings. The van der Waals surface area contributed by atoms with Gasteiger partial charge in [-0.3, -0.25) is 0 Å². The summed E-state index contributed by atoms with van der Waals surface area (Å²) in [4.78, 5) is 14.7. The Morgan fingerprint density at radius 1 is 1.56 bits per heavy atom. The summed E-state index contributed by atoms with van der Waals surface area (Å²) >= 11 is 1.33. The SMILES string of the molecule is Cc1coc(SCc2ccc(C(=O)O)c(F)c2)n1. The second kappa shape index (κ2) is 5.22. The third kappa shape index (κ3) is 2.89. The highest BCUT2D eigenvalue weighted by molar-refractivity contribution is 7.98. The van der Waals surface area contributed by atoms with Crippen molar-refractivity contribution < 1.29 is 18.7 Å².